The number of thioether (sulfide) groups is 1. The minimum absolute atomic E-state index is 0.0841. The number of rotatable bonds is 7. The zero-order valence-corrected chi connectivity index (χ0v) is 19.7. The van der Waals surface area contributed by atoms with Gasteiger partial charge in [0.1, 0.15) is 0 Å². The number of ether oxygens (including phenoxy) is 2. The number of hydrogen-bond acceptors (Lipinski definition) is 7. The fourth-order valence-corrected chi connectivity index (χ4v) is 5.20. The molecule has 1 aromatic rings. The summed E-state index contributed by atoms with van der Waals surface area (Å²) in [5, 5.41) is 6.26. The van der Waals surface area contributed by atoms with Crippen LogP contribution in [0, 0.1) is 0 Å². The molecule has 0 spiro atoms. The SMILES string of the molecule is CCC1=C(C(=O)OC)C(c2ccc(Cl)cc2)N2C(CC(=O)NCC3CCCO3)=CSC2=N1. The number of aliphatic imine (C=N–C) groups is 1. The summed E-state index contributed by atoms with van der Waals surface area (Å²) in [6.45, 7) is 3.22. The normalized spacial score (nSPS) is 22.4. The molecule has 1 saturated heterocycles. The van der Waals surface area contributed by atoms with Crippen LogP contribution in [0.1, 0.15) is 44.2 Å². The van der Waals surface area contributed by atoms with E-state index < -0.39 is 12.0 Å². The predicted octanol–water partition coefficient (Wildman–Crippen LogP) is 4.16. The van der Waals surface area contributed by atoms with Crippen LogP contribution in [-0.2, 0) is 19.1 Å². The summed E-state index contributed by atoms with van der Waals surface area (Å²) >= 11 is 7.57. The first kappa shape index (κ1) is 22.9. The first-order chi connectivity index (χ1) is 15.5. The number of esters is 1. The van der Waals surface area contributed by atoms with Crippen LogP contribution in [0.4, 0.5) is 0 Å². The van der Waals surface area contributed by atoms with E-state index in [2.05, 4.69) is 5.32 Å². The highest BCUT2D eigenvalue weighted by Gasteiger charge is 2.41. The third-order valence-corrected chi connectivity index (χ3v) is 6.85. The fourth-order valence-electron chi connectivity index (χ4n) is 4.13. The minimum atomic E-state index is -0.450. The van der Waals surface area contributed by atoms with E-state index in [1.807, 2.05) is 29.4 Å². The number of benzene rings is 1. The number of allylic oxidation sites excluding steroid dienone is 1. The largest absolute Gasteiger partial charge is 0.466 e. The number of hydrogen-bond donors (Lipinski definition) is 1. The first-order valence-corrected chi connectivity index (χ1v) is 12.0. The molecule has 0 radical (unpaired) electrons. The van der Waals surface area contributed by atoms with Crippen molar-refractivity contribution in [2.24, 2.45) is 4.99 Å². The lowest BCUT2D eigenvalue weighted by Gasteiger charge is -2.36. The molecule has 3 aliphatic rings. The van der Waals surface area contributed by atoms with Gasteiger partial charge in [-0.1, -0.05) is 42.4 Å². The standard InChI is InChI=1S/C23H26ClN3O4S/c1-3-18-20(22(29)30-2)21(14-6-8-15(24)9-7-14)27-16(13-32-23(27)26-18)11-19(28)25-12-17-5-4-10-31-17/h6-9,13,17,21H,3-5,10-12H2,1-2H3,(H,25,28). The Morgan fingerprint density at radius 3 is 2.78 bits per heavy atom. The smallest absolute Gasteiger partial charge is 0.338 e. The van der Waals surface area contributed by atoms with Crippen LogP contribution in [0.15, 0.2) is 51.6 Å². The Kier molecular flexibility index (Phi) is 7.23. The van der Waals surface area contributed by atoms with Crippen molar-refractivity contribution in [1.29, 1.82) is 0 Å². The zero-order chi connectivity index (χ0) is 22.7. The van der Waals surface area contributed by atoms with Gasteiger partial charge in [0, 0.05) is 23.9 Å². The topological polar surface area (TPSA) is 80.2 Å². The number of amidine groups is 1. The van der Waals surface area contributed by atoms with Crippen molar-refractivity contribution >= 4 is 40.4 Å². The van der Waals surface area contributed by atoms with Crippen LogP contribution >= 0.6 is 23.4 Å². The Hall–Kier alpha value is -2.29. The van der Waals surface area contributed by atoms with Crippen LogP contribution in [-0.4, -0.2) is 48.3 Å². The molecule has 2 atom stereocenters. The van der Waals surface area contributed by atoms with Gasteiger partial charge in [0.05, 0.1) is 36.9 Å². The molecule has 1 aromatic carbocycles. The summed E-state index contributed by atoms with van der Waals surface area (Å²) in [6, 6.07) is 6.93. The highest BCUT2D eigenvalue weighted by atomic mass is 35.5. The van der Waals surface area contributed by atoms with Crippen LogP contribution in [0.2, 0.25) is 5.02 Å². The van der Waals surface area contributed by atoms with Crippen molar-refractivity contribution in [2.75, 3.05) is 20.3 Å². The van der Waals surface area contributed by atoms with E-state index in [4.69, 9.17) is 26.1 Å². The lowest BCUT2D eigenvalue weighted by molar-refractivity contribution is -0.136. The molecule has 2 unspecified atom stereocenters. The van der Waals surface area contributed by atoms with Crippen LogP contribution in [0.3, 0.4) is 0 Å². The number of nitrogens with one attached hydrogen (secondary N) is 1. The van der Waals surface area contributed by atoms with Gasteiger partial charge in [-0.3, -0.25) is 4.79 Å². The van der Waals surface area contributed by atoms with Crippen LogP contribution in [0.5, 0.6) is 0 Å². The number of methoxy groups -OCH3 is 1. The lowest BCUT2D eigenvalue weighted by atomic mass is 9.93. The van der Waals surface area contributed by atoms with Crippen LogP contribution < -0.4 is 5.32 Å². The Labute approximate surface area is 196 Å². The van der Waals surface area contributed by atoms with Gasteiger partial charge in [-0.05, 0) is 42.4 Å². The molecule has 0 aliphatic carbocycles. The number of halogens is 1. The summed E-state index contributed by atoms with van der Waals surface area (Å²) in [4.78, 5) is 32.2. The van der Waals surface area contributed by atoms with Crippen molar-refractivity contribution < 1.29 is 19.1 Å². The molecule has 7 nitrogen and oxygen atoms in total. The van der Waals surface area contributed by atoms with Crippen molar-refractivity contribution in [3.8, 4) is 0 Å². The summed E-state index contributed by atoms with van der Waals surface area (Å²) in [6.07, 6.45) is 2.84. The Bertz CT molecular complexity index is 983. The van der Waals surface area contributed by atoms with Gasteiger partial charge in [0.2, 0.25) is 5.91 Å². The second-order valence-corrected chi connectivity index (χ2v) is 9.04. The number of fused-ring (bicyclic) bond motifs is 1. The molecule has 9 heteroatoms. The summed E-state index contributed by atoms with van der Waals surface area (Å²) in [7, 11) is 1.37. The van der Waals surface area contributed by atoms with E-state index in [1.165, 1.54) is 18.9 Å². The molecule has 170 valence electrons. The Morgan fingerprint density at radius 1 is 1.34 bits per heavy atom. The van der Waals surface area contributed by atoms with Gasteiger partial charge in [-0.15, -0.1) is 0 Å². The Morgan fingerprint density at radius 2 is 2.12 bits per heavy atom. The molecule has 32 heavy (non-hydrogen) atoms. The molecule has 1 N–H and O–H groups in total. The molecule has 4 rings (SSSR count). The van der Waals surface area contributed by atoms with Crippen molar-refractivity contribution in [2.45, 2.75) is 44.8 Å². The minimum Gasteiger partial charge on any atom is -0.466 e. The second-order valence-electron chi connectivity index (χ2n) is 7.77. The van der Waals surface area contributed by atoms with Gasteiger partial charge >= 0.3 is 5.97 Å². The number of carbonyl (C=O) groups excluding carboxylic acids is 2. The zero-order valence-electron chi connectivity index (χ0n) is 18.1. The average Bonchev–Trinajstić information content (AvgIpc) is 3.46. The highest BCUT2D eigenvalue weighted by Crippen LogP contribution is 2.45. The molecular weight excluding hydrogens is 450 g/mol. The molecule has 3 heterocycles. The average molecular weight is 476 g/mol. The van der Waals surface area contributed by atoms with Crippen molar-refractivity contribution in [3.63, 3.8) is 0 Å². The maximum atomic E-state index is 12.8. The number of nitrogens with zero attached hydrogens (tertiary/aromatic N) is 2. The number of amides is 1. The molecule has 0 aromatic heterocycles. The molecule has 3 aliphatic heterocycles. The van der Waals surface area contributed by atoms with Gasteiger partial charge in [0.15, 0.2) is 5.17 Å². The quantitative estimate of drug-likeness (QED) is 0.596. The predicted molar refractivity (Wildman–Crippen MR) is 125 cm³/mol. The van der Waals surface area contributed by atoms with E-state index in [1.54, 1.807) is 12.1 Å². The van der Waals surface area contributed by atoms with Gasteiger partial charge < -0.3 is 19.7 Å². The second kappa shape index (κ2) is 10.1. The van der Waals surface area contributed by atoms with E-state index in [0.29, 0.717) is 29.3 Å². The summed E-state index contributed by atoms with van der Waals surface area (Å²) < 4.78 is 10.7. The molecule has 1 amide bonds. The van der Waals surface area contributed by atoms with E-state index in [-0.39, 0.29) is 18.4 Å². The van der Waals surface area contributed by atoms with Crippen molar-refractivity contribution in [3.05, 3.63) is 57.2 Å². The summed E-state index contributed by atoms with van der Waals surface area (Å²) in [5.41, 5.74) is 2.83. The fraction of sp³-hybridized carbons (Fsp3) is 0.435. The third-order valence-electron chi connectivity index (χ3n) is 5.71. The monoisotopic (exact) mass is 475 g/mol. The van der Waals surface area contributed by atoms with E-state index >= 15 is 0 Å². The Balaban J connectivity index is 1.62. The summed E-state index contributed by atoms with van der Waals surface area (Å²) in [5.74, 6) is -0.517. The maximum Gasteiger partial charge on any atom is 0.338 e. The highest BCUT2D eigenvalue weighted by molar-refractivity contribution is 8.16. The molecule has 0 saturated carbocycles. The molecular formula is C23H26ClN3O4S. The van der Waals surface area contributed by atoms with Crippen molar-refractivity contribution in [1.82, 2.24) is 10.2 Å². The lowest BCUT2D eigenvalue weighted by Crippen LogP contribution is -2.38. The number of carbonyl (C=O) groups is 2. The van der Waals surface area contributed by atoms with Gasteiger partial charge in [-0.25, -0.2) is 9.79 Å². The third kappa shape index (κ3) is 4.72. The van der Waals surface area contributed by atoms with Gasteiger partial charge in [-0.2, -0.15) is 0 Å². The maximum absolute atomic E-state index is 12.8. The van der Waals surface area contributed by atoms with E-state index in [0.717, 1.165) is 35.9 Å². The van der Waals surface area contributed by atoms with Crippen LogP contribution in [0.25, 0.3) is 0 Å². The van der Waals surface area contributed by atoms with Gasteiger partial charge in [0.25, 0.3) is 0 Å². The first-order valence-electron chi connectivity index (χ1n) is 10.7. The molecule has 0 bridgehead atoms. The molecule has 1 fully saturated rings. The van der Waals surface area contributed by atoms with E-state index in [9.17, 15) is 9.59 Å².